The summed E-state index contributed by atoms with van der Waals surface area (Å²) in [4.78, 5) is 7.02. The standard InChI is InChI=1S/C25H32N4O/c1-29(2)24-16-25(28-23-10-5-4-9-22(23)24)27-20-13-11-19(12-14-20)26-17-18-7-6-8-21(15-18)30-3/h4-10,15-16,19-20,26H,11-14,17H2,1-3H3,(H,27,28). The van der Waals surface area contributed by atoms with Crippen LogP contribution in [0.15, 0.2) is 54.6 Å². The fourth-order valence-electron chi connectivity index (χ4n) is 4.30. The molecule has 4 rings (SSSR count). The summed E-state index contributed by atoms with van der Waals surface area (Å²) in [5.41, 5.74) is 3.52. The van der Waals surface area contributed by atoms with Gasteiger partial charge in [0.05, 0.1) is 12.6 Å². The molecule has 5 nitrogen and oxygen atoms in total. The Morgan fingerprint density at radius 3 is 2.50 bits per heavy atom. The minimum Gasteiger partial charge on any atom is -0.497 e. The monoisotopic (exact) mass is 404 g/mol. The van der Waals surface area contributed by atoms with Crippen LogP contribution in [0.25, 0.3) is 10.9 Å². The highest BCUT2D eigenvalue weighted by Gasteiger charge is 2.21. The van der Waals surface area contributed by atoms with Gasteiger partial charge < -0.3 is 20.3 Å². The molecule has 0 radical (unpaired) electrons. The van der Waals surface area contributed by atoms with Crippen molar-refractivity contribution in [2.45, 2.75) is 44.3 Å². The Bertz CT molecular complexity index is 980. The molecular weight excluding hydrogens is 372 g/mol. The van der Waals surface area contributed by atoms with Crippen molar-refractivity contribution in [3.05, 3.63) is 60.2 Å². The van der Waals surface area contributed by atoms with Gasteiger partial charge in [-0.25, -0.2) is 4.98 Å². The van der Waals surface area contributed by atoms with E-state index in [0.717, 1.165) is 36.5 Å². The second kappa shape index (κ2) is 9.35. The number of nitrogens with one attached hydrogen (secondary N) is 2. The first-order valence-electron chi connectivity index (χ1n) is 10.8. The van der Waals surface area contributed by atoms with Crippen LogP contribution in [0.4, 0.5) is 11.5 Å². The average molecular weight is 405 g/mol. The number of aromatic nitrogens is 1. The normalized spacial score (nSPS) is 18.9. The van der Waals surface area contributed by atoms with E-state index in [1.165, 1.54) is 29.5 Å². The summed E-state index contributed by atoms with van der Waals surface area (Å²) >= 11 is 0. The Morgan fingerprint density at radius 2 is 1.73 bits per heavy atom. The number of rotatable bonds is 7. The lowest BCUT2D eigenvalue weighted by atomic mass is 9.91. The summed E-state index contributed by atoms with van der Waals surface area (Å²) in [6, 6.07) is 19.9. The number of methoxy groups -OCH3 is 1. The van der Waals surface area contributed by atoms with Crippen molar-refractivity contribution in [2.24, 2.45) is 0 Å². The molecule has 0 bridgehead atoms. The molecule has 3 aromatic rings. The number of fused-ring (bicyclic) bond motifs is 1. The van der Waals surface area contributed by atoms with E-state index in [1.54, 1.807) is 7.11 Å². The average Bonchev–Trinajstić information content (AvgIpc) is 2.78. The van der Waals surface area contributed by atoms with Crippen molar-refractivity contribution in [3.63, 3.8) is 0 Å². The summed E-state index contributed by atoms with van der Waals surface area (Å²) in [5, 5.41) is 8.60. The van der Waals surface area contributed by atoms with Gasteiger partial charge in [-0.2, -0.15) is 0 Å². The number of ether oxygens (including phenoxy) is 1. The fraction of sp³-hybridized carbons (Fsp3) is 0.400. The molecule has 2 aromatic carbocycles. The Kier molecular flexibility index (Phi) is 6.38. The summed E-state index contributed by atoms with van der Waals surface area (Å²) in [7, 11) is 5.89. The molecule has 0 saturated heterocycles. The van der Waals surface area contributed by atoms with E-state index < -0.39 is 0 Å². The highest BCUT2D eigenvalue weighted by molar-refractivity contribution is 5.93. The van der Waals surface area contributed by atoms with Crippen LogP contribution in [-0.2, 0) is 6.54 Å². The third-order valence-corrected chi connectivity index (χ3v) is 5.98. The second-order valence-corrected chi connectivity index (χ2v) is 8.36. The first-order chi connectivity index (χ1) is 14.6. The summed E-state index contributed by atoms with van der Waals surface area (Å²) in [6.45, 7) is 0.887. The van der Waals surface area contributed by atoms with Gasteiger partial charge in [0.2, 0.25) is 0 Å². The maximum atomic E-state index is 5.32. The zero-order valence-electron chi connectivity index (χ0n) is 18.2. The molecule has 0 spiro atoms. The molecule has 1 saturated carbocycles. The molecule has 0 unspecified atom stereocenters. The van der Waals surface area contributed by atoms with Gasteiger partial charge in [-0.3, -0.25) is 0 Å². The third kappa shape index (κ3) is 4.85. The molecule has 0 atom stereocenters. The lowest BCUT2D eigenvalue weighted by Gasteiger charge is -2.30. The van der Waals surface area contributed by atoms with Gasteiger partial charge in [-0.1, -0.05) is 30.3 Å². The Balaban J connectivity index is 1.33. The Morgan fingerprint density at radius 1 is 0.967 bits per heavy atom. The van der Waals surface area contributed by atoms with Crippen LogP contribution >= 0.6 is 0 Å². The number of benzene rings is 2. The highest BCUT2D eigenvalue weighted by Crippen LogP contribution is 2.29. The van der Waals surface area contributed by atoms with E-state index >= 15 is 0 Å². The van der Waals surface area contributed by atoms with E-state index in [4.69, 9.17) is 9.72 Å². The molecule has 5 heteroatoms. The van der Waals surface area contributed by atoms with Gasteiger partial charge in [0.1, 0.15) is 11.6 Å². The predicted octanol–water partition coefficient (Wildman–Crippen LogP) is 4.82. The minimum absolute atomic E-state index is 0.476. The molecular formula is C25H32N4O. The molecule has 1 heterocycles. The quantitative estimate of drug-likeness (QED) is 0.591. The number of para-hydroxylation sites is 1. The Labute approximate surface area is 179 Å². The smallest absolute Gasteiger partial charge is 0.128 e. The van der Waals surface area contributed by atoms with Crippen LogP contribution in [0.2, 0.25) is 0 Å². The molecule has 1 aliphatic rings. The van der Waals surface area contributed by atoms with Gasteiger partial charge in [0, 0.05) is 49.9 Å². The van der Waals surface area contributed by atoms with Crippen LogP contribution in [-0.4, -0.2) is 38.3 Å². The number of hydrogen-bond acceptors (Lipinski definition) is 5. The third-order valence-electron chi connectivity index (χ3n) is 5.98. The highest BCUT2D eigenvalue weighted by atomic mass is 16.5. The molecule has 1 fully saturated rings. The van der Waals surface area contributed by atoms with Crippen LogP contribution in [0.3, 0.4) is 0 Å². The van der Waals surface area contributed by atoms with E-state index in [1.807, 2.05) is 6.07 Å². The van der Waals surface area contributed by atoms with Crippen molar-refractivity contribution in [1.82, 2.24) is 10.3 Å². The van der Waals surface area contributed by atoms with Crippen LogP contribution < -0.4 is 20.3 Å². The van der Waals surface area contributed by atoms with E-state index in [-0.39, 0.29) is 0 Å². The summed E-state index contributed by atoms with van der Waals surface area (Å²) in [5.74, 6) is 1.90. The molecule has 0 aliphatic heterocycles. The minimum atomic E-state index is 0.476. The van der Waals surface area contributed by atoms with Crippen LogP contribution in [0.1, 0.15) is 31.2 Å². The summed E-state index contributed by atoms with van der Waals surface area (Å²) in [6.07, 6.45) is 4.66. The largest absolute Gasteiger partial charge is 0.497 e. The van der Waals surface area contributed by atoms with E-state index in [2.05, 4.69) is 78.2 Å². The topological polar surface area (TPSA) is 49.4 Å². The first-order valence-corrected chi connectivity index (χ1v) is 10.8. The van der Waals surface area contributed by atoms with Gasteiger partial charge in [-0.05, 0) is 49.4 Å². The maximum Gasteiger partial charge on any atom is 0.128 e. The molecule has 1 aromatic heterocycles. The van der Waals surface area contributed by atoms with Crippen molar-refractivity contribution < 1.29 is 4.74 Å². The SMILES string of the molecule is COc1cccc(CNC2CCC(Nc3cc(N(C)C)c4ccccc4n3)CC2)c1. The van der Waals surface area contributed by atoms with E-state index in [0.29, 0.717) is 12.1 Å². The van der Waals surface area contributed by atoms with Crippen molar-refractivity contribution >= 4 is 22.4 Å². The zero-order valence-corrected chi connectivity index (χ0v) is 18.2. The number of hydrogen-bond donors (Lipinski definition) is 2. The Hall–Kier alpha value is -2.79. The number of pyridine rings is 1. The predicted molar refractivity (Wildman–Crippen MR) is 126 cm³/mol. The fourth-order valence-corrected chi connectivity index (χ4v) is 4.30. The number of anilines is 2. The lowest BCUT2D eigenvalue weighted by Crippen LogP contribution is -2.36. The van der Waals surface area contributed by atoms with Crippen molar-refractivity contribution in [2.75, 3.05) is 31.4 Å². The van der Waals surface area contributed by atoms with Gasteiger partial charge in [-0.15, -0.1) is 0 Å². The molecule has 30 heavy (non-hydrogen) atoms. The molecule has 1 aliphatic carbocycles. The first kappa shape index (κ1) is 20.5. The zero-order chi connectivity index (χ0) is 20.9. The van der Waals surface area contributed by atoms with Crippen molar-refractivity contribution in [3.8, 4) is 5.75 Å². The van der Waals surface area contributed by atoms with Gasteiger partial charge in [0.15, 0.2) is 0 Å². The second-order valence-electron chi connectivity index (χ2n) is 8.36. The summed E-state index contributed by atoms with van der Waals surface area (Å²) < 4.78 is 5.32. The molecule has 0 amide bonds. The van der Waals surface area contributed by atoms with Gasteiger partial charge >= 0.3 is 0 Å². The molecule has 158 valence electrons. The van der Waals surface area contributed by atoms with Crippen molar-refractivity contribution in [1.29, 1.82) is 0 Å². The molecule has 2 N–H and O–H groups in total. The van der Waals surface area contributed by atoms with Gasteiger partial charge in [0.25, 0.3) is 0 Å². The van der Waals surface area contributed by atoms with Crippen LogP contribution in [0, 0.1) is 0 Å². The van der Waals surface area contributed by atoms with Crippen LogP contribution in [0.5, 0.6) is 5.75 Å². The number of nitrogens with zero attached hydrogens (tertiary/aromatic N) is 2. The maximum absolute atomic E-state index is 5.32. The lowest BCUT2D eigenvalue weighted by molar-refractivity contribution is 0.352. The van der Waals surface area contributed by atoms with E-state index in [9.17, 15) is 0 Å².